The summed E-state index contributed by atoms with van der Waals surface area (Å²) in [5.41, 5.74) is 4.08. The van der Waals surface area contributed by atoms with Gasteiger partial charge in [-0.05, 0) is 0 Å². The molecule has 3 aromatic carbocycles. The zero-order chi connectivity index (χ0) is 17.1. The molecular weight excluding hydrogens is 434 g/mol. The average molecular weight is 452 g/mol. The quantitative estimate of drug-likeness (QED) is 0.410. The van der Waals surface area contributed by atoms with E-state index in [9.17, 15) is 0 Å². The van der Waals surface area contributed by atoms with Crippen molar-refractivity contribution >= 4 is 38.4 Å². The SMILES string of the molecule is Cc1ccc([Se]c2cc(-c3ccccc3)[se]c2-c2ccccc2)cc1. The van der Waals surface area contributed by atoms with Gasteiger partial charge in [-0.3, -0.25) is 0 Å². The summed E-state index contributed by atoms with van der Waals surface area (Å²) in [6.45, 7) is 2.15. The van der Waals surface area contributed by atoms with E-state index in [0.717, 1.165) is 0 Å². The van der Waals surface area contributed by atoms with Crippen LogP contribution in [-0.2, 0) is 0 Å². The molecule has 4 rings (SSSR count). The molecule has 2 heteroatoms. The number of aryl methyl sites for hydroxylation is 1. The van der Waals surface area contributed by atoms with E-state index in [1.54, 1.807) is 4.44 Å². The summed E-state index contributed by atoms with van der Waals surface area (Å²) in [5, 5.41) is 0. The molecule has 0 bridgehead atoms. The van der Waals surface area contributed by atoms with Gasteiger partial charge in [-0.25, -0.2) is 0 Å². The van der Waals surface area contributed by atoms with Crippen LogP contribution < -0.4 is 8.92 Å². The summed E-state index contributed by atoms with van der Waals surface area (Å²) in [5.74, 6) is 0. The number of rotatable bonds is 4. The Morgan fingerprint density at radius 2 is 1.28 bits per heavy atom. The molecule has 25 heavy (non-hydrogen) atoms. The molecule has 4 aromatic rings. The van der Waals surface area contributed by atoms with Gasteiger partial charge in [-0.15, -0.1) is 0 Å². The fraction of sp³-hybridized carbons (Fsp3) is 0.0435. The Hall–Kier alpha value is -1.82. The van der Waals surface area contributed by atoms with Gasteiger partial charge in [0.15, 0.2) is 0 Å². The first-order valence-corrected chi connectivity index (χ1v) is 11.7. The molecule has 0 fully saturated rings. The Morgan fingerprint density at radius 3 is 1.92 bits per heavy atom. The summed E-state index contributed by atoms with van der Waals surface area (Å²) in [6.07, 6.45) is 0. The van der Waals surface area contributed by atoms with Crippen LogP contribution in [0.5, 0.6) is 0 Å². The Bertz CT molecular complexity index is 952. The molecule has 0 radical (unpaired) electrons. The molecular formula is C23H18Se2. The predicted octanol–water partition coefficient (Wildman–Crippen LogP) is 4.04. The van der Waals surface area contributed by atoms with Crippen LogP contribution in [0.15, 0.2) is 91.0 Å². The second kappa shape index (κ2) is 7.60. The molecule has 0 unspecified atom stereocenters. The van der Waals surface area contributed by atoms with Crippen molar-refractivity contribution in [2.75, 3.05) is 0 Å². The second-order valence-corrected chi connectivity index (χ2v) is 10.5. The van der Waals surface area contributed by atoms with Crippen molar-refractivity contribution in [2.24, 2.45) is 0 Å². The van der Waals surface area contributed by atoms with E-state index in [-0.39, 0.29) is 0 Å². The topological polar surface area (TPSA) is 0 Å². The molecule has 1 heterocycles. The van der Waals surface area contributed by atoms with E-state index in [0.29, 0.717) is 29.5 Å². The van der Waals surface area contributed by atoms with E-state index in [4.69, 9.17) is 0 Å². The van der Waals surface area contributed by atoms with Crippen LogP contribution >= 0.6 is 0 Å². The van der Waals surface area contributed by atoms with E-state index >= 15 is 0 Å². The minimum atomic E-state index is 0.344. The fourth-order valence-electron chi connectivity index (χ4n) is 2.72. The van der Waals surface area contributed by atoms with Gasteiger partial charge < -0.3 is 0 Å². The summed E-state index contributed by atoms with van der Waals surface area (Å²) in [4.78, 5) is 0. The van der Waals surface area contributed by atoms with Crippen LogP contribution in [-0.4, -0.2) is 29.5 Å². The van der Waals surface area contributed by atoms with Crippen LogP contribution in [0.2, 0.25) is 0 Å². The predicted molar refractivity (Wildman–Crippen MR) is 110 cm³/mol. The van der Waals surface area contributed by atoms with Gasteiger partial charge in [0.2, 0.25) is 0 Å². The van der Waals surface area contributed by atoms with Gasteiger partial charge in [0.05, 0.1) is 0 Å². The van der Waals surface area contributed by atoms with Crippen LogP contribution in [0.25, 0.3) is 20.0 Å². The van der Waals surface area contributed by atoms with E-state index in [1.807, 2.05) is 0 Å². The Morgan fingerprint density at radius 1 is 0.680 bits per heavy atom. The van der Waals surface area contributed by atoms with Crippen molar-refractivity contribution in [1.29, 1.82) is 0 Å². The van der Waals surface area contributed by atoms with Gasteiger partial charge in [0.1, 0.15) is 0 Å². The van der Waals surface area contributed by atoms with Crippen molar-refractivity contribution in [2.45, 2.75) is 6.92 Å². The molecule has 0 aliphatic heterocycles. The Labute approximate surface area is 161 Å². The maximum atomic E-state index is 2.46. The number of hydrogen-bond acceptors (Lipinski definition) is 0. The summed E-state index contributed by atoms with van der Waals surface area (Å²) < 4.78 is 6.02. The average Bonchev–Trinajstić information content (AvgIpc) is 3.09. The molecule has 0 saturated heterocycles. The minimum absolute atomic E-state index is 0.344. The zero-order valence-corrected chi connectivity index (χ0v) is 17.4. The van der Waals surface area contributed by atoms with Crippen molar-refractivity contribution in [3.05, 3.63) is 96.6 Å². The third-order valence-electron chi connectivity index (χ3n) is 4.04. The van der Waals surface area contributed by atoms with E-state index in [2.05, 4.69) is 97.9 Å². The zero-order valence-electron chi connectivity index (χ0n) is 14.0. The van der Waals surface area contributed by atoms with Gasteiger partial charge in [-0.2, -0.15) is 0 Å². The monoisotopic (exact) mass is 454 g/mol. The second-order valence-electron chi connectivity index (χ2n) is 5.95. The normalized spacial score (nSPS) is 10.8. The van der Waals surface area contributed by atoms with Gasteiger partial charge in [0.25, 0.3) is 0 Å². The van der Waals surface area contributed by atoms with Crippen LogP contribution in [0.3, 0.4) is 0 Å². The standard InChI is InChI=1S/C23H18Se2/c1-17-12-14-20(15-13-17)24-22-16-21(18-8-4-2-5-9-18)25-23(22)19-10-6-3-7-11-19/h2-16H,1H3. The maximum absolute atomic E-state index is 2.46. The van der Waals surface area contributed by atoms with Gasteiger partial charge in [-0.1, -0.05) is 0 Å². The van der Waals surface area contributed by atoms with Crippen LogP contribution in [0.4, 0.5) is 0 Å². The van der Waals surface area contributed by atoms with E-state index in [1.165, 1.54) is 30.1 Å². The van der Waals surface area contributed by atoms with Gasteiger partial charge >= 0.3 is 162 Å². The third-order valence-corrected chi connectivity index (χ3v) is 9.49. The fourth-order valence-corrected chi connectivity index (χ4v) is 8.15. The van der Waals surface area contributed by atoms with Crippen LogP contribution in [0, 0.1) is 6.92 Å². The molecule has 0 saturated carbocycles. The van der Waals surface area contributed by atoms with E-state index < -0.39 is 0 Å². The van der Waals surface area contributed by atoms with Crippen molar-refractivity contribution in [3.8, 4) is 20.0 Å². The molecule has 0 aliphatic carbocycles. The van der Waals surface area contributed by atoms with Crippen molar-refractivity contribution in [3.63, 3.8) is 0 Å². The summed E-state index contributed by atoms with van der Waals surface area (Å²) >= 11 is 0.710. The van der Waals surface area contributed by atoms with Crippen LogP contribution in [0.1, 0.15) is 5.56 Å². The Kier molecular flexibility index (Phi) is 5.06. The third kappa shape index (κ3) is 3.89. The van der Waals surface area contributed by atoms with Crippen molar-refractivity contribution in [1.82, 2.24) is 0 Å². The Balaban J connectivity index is 1.78. The first kappa shape index (κ1) is 16.6. The first-order chi connectivity index (χ1) is 12.3. The van der Waals surface area contributed by atoms with Crippen molar-refractivity contribution < 1.29 is 0 Å². The molecule has 122 valence electrons. The molecule has 0 spiro atoms. The summed E-state index contributed by atoms with van der Waals surface area (Å²) in [7, 11) is 0. The summed E-state index contributed by atoms with van der Waals surface area (Å²) in [6, 6.07) is 33.2. The number of hydrogen-bond donors (Lipinski definition) is 0. The molecule has 1 aromatic heterocycles. The van der Waals surface area contributed by atoms with Gasteiger partial charge in [0, 0.05) is 0 Å². The molecule has 0 N–H and O–H groups in total. The molecule has 0 amide bonds. The molecule has 0 nitrogen and oxygen atoms in total. The first-order valence-electron chi connectivity index (χ1n) is 8.29. The number of benzene rings is 3. The molecule has 0 atom stereocenters. The molecule has 0 aliphatic rings.